The van der Waals surface area contributed by atoms with Gasteiger partial charge in [-0.05, 0) is 67.1 Å². The second-order valence-corrected chi connectivity index (χ2v) is 9.53. The number of hydrogen-bond acceptors (Lipinski definition) is 5. The highest BCUT2D eigenvalue weighted by Crippen LogP contribution is 2.22. The van der Waals surface area contributed by atoms with Gasteiger partial charge >= 0.3 is 0 Å². The Morgan fingerprint density at radius 1 is 1.19 bits per heavy atom. The number of unbranched alkanes of at least 4 members (excludes halogenated alkanes) is 1. The van der Waals surface area contributed by atoms with Crippen LogP contribution in [0.5, 0.6) is 5.75 Å². The molecule has 1 heterocycles. The molecule has 0 radical (unpaired) electrons. The number of carbonyl (C=O) groups excluding carboxylic acids is 1. The van der Waals surface area contributed by atoms with Gasteiger partial charge < -0.3 is 10.1 Å². The van der Waals surface area contributed by atoms with E-state index in [4.69, 9.17) is 16.3 Å². The summed E-state index contributed by atoms with van der Waals surface area (Å²) in [6.45, 7) is 1.76. The van der Waals surface area contributed by atoms with Crippen molar-refractivity contribution in [3.8, 4) is 5.75 Å². The van der Waals surface area contributed by atoms with Crippen LogP contribution in [-0.4, -0.2) is 28.4 Å². The molecule has 37 heavy (non-hydrogen) atoms. The molecule has 0 unspecified atom stereocenters. The van der Waals surface area contributed by atoms with Crippen LogP contribution >= 0.6 is 27.5 Å². The van der Waals surface area contributed by atoms with Crippen molar-refractivity contribution >= 4 is 56.2 Å². The fraction of sp³-hybridized carbons (Fsp3) is 0.185. The Morgan fingerprint density at radius 2 is 1.97 bits per heavy atom. The maximum Gasteiger partial charge on any atom is 0.282 e. The molecule has 0 aliphatic carbocycles. The number of nitrogens with one attached hydrogen (secondary N) is 1. The summed E-state index contributed by atoms with van der Waals surface area (Å²) >= 11 is 9.60. The fourth-order valence-electron chi connectivity index (χ4n) is 3.56. The predicted molar refractivity (Wildman–Crippen MR) is 147 cm³/mol. The van der Waals surface area contributed by atoms with Crippen LogP contribution in [0.1, 0.15) is 31.2 Å². The molecule has 0 saturated carbocycles. The second-order valence-electron chi connectivity index (χ2n) is 8.18. The molecule has 0 bridgehead atoms. The van der Waals surface area contributed by atoms with E-state index in [1.807, 2.05) is 6.07 Å². The van der Waals surface area contributed by atoms with Gasteiger partial charge in [0.2, 0.25) is 0 Å². The van der Waals surface area contributed by atoms with Crippen LogP contribution in [0.2, 0.25) is 5.02 Å². The van der Waals surface area contributed by atoms with E-state index in [1.54, 1.807) is 30.3 Å². The lowest BCUT2D eigenvalue weighted by Crippen LogP contribution is -2.23. The first kappa shape index (κ1) is 26.5. The van der Waals surface area contributed by atoms with E-state index in [9.17, 15) is 14.0 Å². The first-order valence-electron chi connectivity index (χ1n) is 11.6. The van der Waals surface area contributed by atoms with Gasteiger partial charge in [-0.1, -0.05) is 40.9 Å². The van der Waals surface area contributed by atoms with Crippen molar-refractivity contribution in [3.63, 3.8) is 0 Å². The van der Waals surface area contributed by atoms with Crippen molar-refractivity contribution in [1.82, 2.24) is 9.66 Å². The van der Waals surface area contributed by atoms with Gasteiger partial charge in [-0.25, -0.2) is 9.37 Å². The molecule has 1 amide bonds. The van der Waals surface area contributed by atoms with Crippen LogP contribution in [0.15, 0.2) is 75.0 Å². The Balaban J connectivity index is 1.60. The van der Waals surface area contributed by atoms with Crippen LogP contribution < -0.4 is 15.6 Å². The van der Waals surface area contributed by atoms with E-state index in [0.717, 1.165) is 17.3 Å². The molecule has 10 heteroatoms. The number of fused-ring (bicyclic) bond motifs is 1. The summed E-state index contributed by atoms with van der Waals surface area (Å²) in [5.41, 5.74) is 1.23. The van der Waals surface area contributed by atoms with Gasteiger partial charge in [-0.15, -0.1) is 0 Å². The van der Waals surface area contributed by atoms with Gasteiger partial charge in [0.25, 0.3) is 11.5 Å². The first-order chi connectivity index (χ1) is 17.8. The molecule has 7 nitrogen and oxygen atoms in total. The number of rotatable bonds is 9. The Hall–Kier alpha value is -3.56. The average Bonchev–Trinajstić information content (AvgIpc) is 2.88. The maximum absolute atomic E-state index is 13.3. The van der Waals surface area contributed by atoms with E-state index in [0.29, 0.717) is 45.2 Å². The highest BCUT2D eigenvalue weighted by atomic mass is 79.9. The van der Waals surface area contributed by atoms with Crippen molar-refractivity contribution < 1.29 is 13.9 Å². The summed E-state index contributed by atoms with van der Waals surface area (Å²) in [5.74, 6) is 0.0699. The Kier molecular flexibility index (Phi) is 8.68. The molecule has 0 atom stereocenters. The van der Waals surface area contributed by atoms with Gasteiger partial charge in [-0.2, -0.15) is 9.78 Å². The Morgan fingerprint density at radius 3 is 2.73 bits per heavy atom. The van der Waals surface area contributed by atoms with Gasteiger partial charge in [0.05, 0.1) is 17.1 Å². The molecule has 4 aromatic rings. The number of aryl methyl sites for hydroxylation is 1. The predicted octanol–water partition coefficient (Wildman–Crippen LogP) is 6.19. The molecule has 3 aromatic carbocycles. The van der Waals surface area contributed by atoms with Crippen LogP contribution in [-0.2, 0) is 11.2 Å². The molecular weight excluding hydrogens is 563 g/mol. The van der Waals surface area contributed by atoms with E-state index >= 15 is 0 Å². The number of aromatic nitrogens is 2. The molecule has 1 N–H and O–H groups in total. The normalized spacial score (nSPS) is 11.2. The zero-order valence-electron chi connectivity index (χ0n) is 19.9. The number of ether oxygens (including phenoxy) is 1. The molecule has 0 aliphatic rings. The van der Waals surface area contributed by atoms with Crippen molar-refractivity contribution in [3.05, 3.63) is 97.7 Å². The topological polar surface area (TPSA) is 85.6 Å². The molecular formula is C27H23BrClFN4O3. The third-order valence-electron chi connectivity index (χ3n) is 5.40. The minimum absolute atomic E-state index is 0.295. The number of carbonyl (C=O) groups is 1. The van der Waals surface area contributed by atoms with Crippen LogP contribution in [0.3, 0.4) is 0 Å². The van der Waals surface area contributed by atoms with Crippen molar-refractivity contribution in [1.29, 1.82) is 0 Å². The number of anilines is 1. The summed E-state index contributed by atoms with van der Waals surface area (Å²) in [7, 11) is 0. The lowest BCUT2D eigenvalue weighted by atomic mass is 10.2. The van der Waals surface area contributed by atoms with Crippen molar-refractivity contribution in [2.24, 2.45) is 5.10 Å². The average molecular weight is 586 g/mol. The SMILES string of the molecule is CCCCc1nc2ccc(Br)cc2c(=O)n1N=Cc1cc(Cl)ccc1OCC(=O)Nc1ccc(F)cc1. The molecule has 4 rings (SSSR count). The maximum atomic E-state index is 13.3. The molecule has 0 fully saturated rings. The monoisotopic (exact) mass is 584 g/mol. The highest BCUT2D eigenvalue weighted by Gasteiger charge is 2.12. The quantitative estimate of drug-likeness (QED) is 0.237. The third kappa shape index (κ3) is 6.81. The number of nitrogens with zero attached hydrogens (tertiary/aromatic N) is 3. The number of hydrogen-bond donors (Lipinski definition) is 1. The van der Waals surface area contributed by atoms with E-state index in [-0.39, 0.29) is 12.2 Å². The summed E-state index contributed by atoms with van der Waals surface area (Å²) < 4.78 is 20.8. The third-order valence-corrected chi connectivity index (χ3v) is 6.13. The minimum atomic E-state index is -0.424. The minimum Gasteiger partial charge on any atom is -0.483 e. The Labute approximate surface area is 226 Å². The van der Waals surface area contributed by atoms with Crippen LogP contribution in [0.4, 0.5) is 10.1 Å². The first-order valence-corrected chi connectivity index (χ1v) is 12.7. The molecule has 0 saturated heterocycles. The summed E-state index contributed by atoms with van der Waals surface area (Å²) in [4.78, 5) is 30.3. The van der Waals surface area contributed by atoms with Crippen LogP contribution in [0, 0.1) is 5.82 Å². The molecule has 1 aromatic heterocycles. The number of amides is 1. The van der Waals surface area contributed by atoms with Crippen LogP contribution in [0.25, 0.3) is 10.9 Å². The van der Waals surface area contributed by atoms with Gasteiger partial charge in [-0.3, -0.25) is 9.59 Å². The largest absolute Gasteiger partial charge is 0.483 e. The van der Waals surface area contributed by atoms with E-state index < -0.39 is 11.7 Å². The fourth-order valence-corrected chi connectivity index (χ4v) is 4.10. The van der Waals surface area contributed by atoms with Crippen molar-refractivity contribution in [2.45, 2.75) is 26.2 Å². The number of benzene rings is 3. The standard InChI is InChI=1S/C27H23BrClFN4O3/c1-2-3-4-25-33-23-11-5-18(28)14-22(23)27(36)34(25)31-15-17-13-19(29)6-12-24(17)37-16-26(35)32-21-9-7-20(30)8-10-21/h5-15H,2-4,16H2,1H3,(H,32,35). The summed E-state index contributed by atoms with van der Waals surface area (Å²) in [5, 5.41) is 7.95. The smallest absolute Gasteiger partial charge is 0.282 e. The molecule has 0 aliphatic heterocycles. The van der Waals surface area contributed by atoms with Gasteiger partial charge in [0, 0.05) is 27.2 Å². The van der Waals surface area contributed by atoms with Crippen molar-refractivity contribution in [2.75, 3.05) is 11.9 Å². The van der Waals surface area contributed by atoms with Gasteiger partial charge in [0.1, 0.15) is 17.4 Å². The van der Waals surface area contributed by atoms with Gasteiger partial charge in [0.15, 0.2) is 6.61 Å². The Bertz CT molecular complexity index is 1520. The second kappa shape index (κ2) is 12.1. The molecule has 0 spiro atoms. The molecule has 190 valence electrons. The van der Waals surface area contributed by atoms with E-state index in [2.05, 4.69) is 38.3 Å². The summed E-state index contributed by atoms with van der Waals surface area (Å²) in [6.07, 6.45) is 3.82. The lowest BCUT2D eigenvalue weighted by molar-refractivity contribution is -0.118. The number of halogens is 3. The summed E-state index contributed by atoms with van der Waals surface area (Å²) in [6, 6.07) is 15.6. The highest BCUT2D eigenvalue weighted by molar-refractivity contribution is 9.10. The zero-order valence-corrected chi connectivity index (χ0v) is 22.2. The lowest BCUT2D eigenvalue weighted by Gasteiger charge is -2.11. The van der Waals surface area contributed by atoms with E-state index in [1.165, 1.54) is 35.2 Å². The zero-order chi connectivity index (χ0) is 26.4.